The van der Waals surface area contributed by atoms with Gasteiger partial charge in [-0.1, -0.05) is 6.92 Å². The average Bonchev–Trinajstić information content (AvgIpc) is 2.21. The minimum Gasteiger partial charge on any atom is -0.247 e. The molecular formula is C13H21F. The molecule has 1 heteroatoms. The second-order valence-electron chi connectivity index (χ2n) is 5.06. The van der Waals surface area contributed by atoms with Crippen molar-refractivity contribution in [3.63, 3.8) is 0 Å². The third-order valence-electron chi connectivity index (χ3n) is 3.97. The summed E-state index contributed by atoms with van der Waals surface area (Å²) in [6.45, 7) is 2.28. The fourth-order valence-corrected chi connectivity index (χ4v) is 2.88. The smallest absolute Gasteiger partial charge is 0.100 e. The van der Waals surface area contributed by atoms with Crippen molar-refractivity contribution in [3.8, 4) is 0 Å². The zero-order chi connectivity index (χ0) is 9.97. The van der Waals surface area contributed by atoms with Gasteiger partial charge in [-0.15, -0.1) is 0 Å². The highest BCUT2D eigenvalue weighted by molar-refractivity contribution is 5.04. The highest BCUT2D eigenvalue weighted by Crippen LogP contribution is 2.42. The van der Waals surface area contributed by atoms with Gasteiger partial charge in [-0.25, -0.2) is 4.39 Å². The quantitative estimate of drug-likeness (QED) is 0.588. The molecule has 2 fully saturated rings. The van der Waals surface area contributed by atoms with Gasteiger partial charge in [0.15, 0.2) is 0 Å². The van der Waals surface area contributed by atoms with Gasteiger partial charge in [0.05, 0.1) is 0 Å². The van der Waals surface area contributed by atoms with Crippen LogP contribution < -0.4 is 0 Å². The van der Waals surface area contributed by atoms with Crippen LogP contribution in [0.3, 0.4) is 0 Å². The Bertz CT molecular complexity index is 142. The van der Waals surface area contributed by atoms with Crippen LogP contribution in [0.1, 0.15) is 58.3 Å². The molecule has 0 heterocycles. The third-order valence-corrected chi connectivity index (χ3v) is 3.97. The van der Waals surface area contributed by atoms with E-state index in [9.17, 15) is 4.39 Å². The maximum Gasteiger partial charge on any atom is 0.100 e. The van der Waals surface area contributed by atoms with Crippen LogP contribution in [0.15, 0.2) is 0 Å². The molecule has 0 aromatic heterocycles. The summed E-state index contributed by atoms with van der Waals surface area (Å²) in [6.07, 6.45) is 8.56. The van der Waals surface area contributed by atoms with Crippen molar-refractivity contribution in [3.05, 3.63) is 11.8 Å². The van der Waals surface area contributed by atoms with E-state index >= 15 is 0 Å². The first-order chi connectivity index (χ1) is 6.75. The van der Waals surface area contributed by atoms with Gasteiger partial charge in [0.2, 0.25) is 0 Å². The Hall–Kier alpha value is -0.0700. The summed E-state index contributed by atoms with van der Waals surface area (Å²) in [4.78, 5) is 0. The van der Waals surface area contributed by atoms with E-state index < -0.39 is 6.17 Å². The van der Waals surface area contributed by atoms with Gasteiger partial charge in [0.25, 0.3) is 0 Å². The monoisotopic (exact) mass is 196 g/mol. The lowest BCUT2D eigenvalue weighted by molar-refractivity contribution is 0.233. The Morgan fingerprint density at radius 1 is 0.929 bits per heavy atom. The lowest BCUT2D eigenvalue weighted by Gasteiger charge is -2.35. The Morgan fingerprint density at radius 3 is 2.07 bits per heavy atom. The summed E-state index contributed by atoms with van der Waals surface area (Å²) in [6, 6.07) is 0. The average molecular weight is 196 g/mol. The molecule has 2 aliphatic rings. The molecular weight excluding hydrogens is 175 g/mol. The Morgan fingerprint density at radius 2 is 1.50 bits per heavy atom. The van der Waals surface area contributed by atoms with Crippen molar-refractivity contribution in [1.82, 2.24) is 0 Å². The molecule has 0 bridgehead atoms. The summed E-state index contributed by atoms with van der Waals surface area (Å²) in [5, 5.41) is 0. The summed E-state index contributed by atoms with van der Waals surface area (Å²) >= 11 is 0. The van der Waals surface area contributed by atoms with Crippen LogP contribution in [0.5, 0.6) is 0 Å². The molecule has 0 saturated heterocycles. The van der Waals surface area contributed by atoms with E-state index in [2.05, 4.69) is 6.92 Å². The van der Waals surface area contributed by atoms with Crippen molar-refractivity contribution in [2.24, 2.45) is 5.92 Å². The van der Waals surface area contributed by atoms with Crippen LogP contribution in [0.25, 0.3) is 0 Å². The Balaban J connectivity index is 1.78. The number of hydrogen-bond acceptors (Lipinski definition) is 0. The second-order valence-corrected chi connectivity index (χ2v) is 5.06. The van der Waals surface area contributed by atoms with E-state index in [4.69, 9.17) is 0 Å². The van der Waals surface area contributed by atoms with Crippen LogP contribution >= 0.6 is 0 Å². The first-order valence-corrected chi connectivity index (χ1v) is 6.05. The minimum atomic E-state index is -0.504. The minimum absolute atomic E-state index is 0.504. The molecule has 0 aromatic rings. The van der Waals surface area contributed by atoms with Crippen molar-refractivity contribution < 1.29 is 4.39 Å². The topological polar surface area (TPSA) is 0 Å². The maximum atomic E-state index is 13.0. The second kappa shape index (κ2) is 4.63. The van der Waals surface area contributed by atoms with Gasteiger partial charge in [-0.05, 0) is 69.1 Å². The van der Waals surface area contributed by atoms with Crippen LogP contribution in [-0.4, -0.2) is 6.17 Å². The maximum absolute atomic E-state index is 13.0. The molecule has 2 radical (unpaired) electrons. The van der Waals surface area contributed by atoms with Gasteiger partial charge < -0.3 is 0 Å². The molecule has 0 unspecified atom stereocenters. The van der Waals surface area contributed by atoms with Gasteiger partial charge in [0.1, 0.15) is 6.17 Å². The summed E-state index contributed by atoms with van der Waals surface area (Å²) < 4.78 is 13.0. The summed E-state index contributed by atoms with van der Waals surface area (Å²) in [7, 11) is 0. The number of alkyl halides is 1. The van der Waals surface area contributed by atoms with E-state index in [1.165, 1.54) is 25.7 Å². The highest BCUT2D eigenvalue weighted by Gasteiger charge is 2.30. The predicted molar refractivity (Wildman–Crippen MR) is 57.5 cm³/mol. The molecule has 14 heavy (non-hydrogen) atoms. The molecule has 0 aromatic carbocycles. The summed E-state index contributed by atoms with van der Waals surface area (Å²) in [5.74, 6) is 4.19. The van der Waals surface area contributed by atoms with Crippen molar-refractivity contribution in [2.75, 3.05) is 0 Å². The molecule has 2 aliphatic carbocycles. The van der Waals surface area contributed by atoms with Crippen LogP contribution in [0, 0.1) is 17.8 Å². The zero-order valence-electron chi connectivity index (χ0n) is 9.19. The SMILES string of the molecule is C[C]1CCC([C]2CCC(F)CC2)CC1. The van der Waals surface area contributed by atoms with Crippen LogP contribution in [-0.2, 0) is 0 Å². The van der Waals surface area contributed by atoms with Gasteiger partial charge in [0, 0.05) is 0 Å². The lowest BCUT2D eigenvalue weighted by Crippen LogP contribution is -2.23. The van der Waals surface area contributed by atoms with Gasteiger partial charge >= 0.3 is 0 Å². The van der Waals surface area contributed by atoms with Crippen LogP contribution in [0.4, 0.5) is 4.39 Å². The molecule has 0 spiro atoms. The van der Waals surface area contributed by atoms with Crippen molar-refractivity contribution >= 4 is 0 Å². The predicted octanol–water partition coefficient (Wildman–Crippen LogP) is 4.26. The largest absolute Gasteiger partial charge is 0.247 e. The molecule has 2 saturated carbocycles. The van der Waals surface area contributed by atoms with E-state index in [0.717, 1.165) is 31.6 Å². The van der Waals surface area contributed by atoms with E-state index in [1.54, 1.807) is 11.8 Å². The van der Waals surface area contributed by atoms with Crippen molar-refractivity contribution in [2.45, 2.75) is 64.5 Å². The standard InChI is InChI=1S/C13H21F/c1-10-2-4-11(5-3-10)12-6-8-13(14)9-7-12/h11,13H,2-9H2,1H3. The number of halogens is 1. The molecule has 0 N–H and O–H groups in total. The highest BCUT2D eigenvalue weighted by atomic mass is 19.1. The lowest BCUT2D eigenvalue weighted by atomic mass is 9.71. The van der Waals surface area contributed by atoms with Gasteiger partial charge in [-0.2, -0.15) is 0 Å². The fraction of sp³-hybridized carbons (Fsp3) is 0.846. The molecule has 2 rings (SSSR count). The van der Waals surface area contributed by atoms with Gasteiger partial charge in [-0.3, -0.25) is 0 Å². The van der Waals surface area contributed by atoms with E-state index in [-0.39, 0.29) is 0 Å². The zero-order valence-corrected chi connectivity index (χ0v) is 9.19. The normalized spacial score (nSPS) is 29.6. The first-order valence-electron chi connectivity index (χ1n) is 6.05. The van der Waals surface area contributed by atoms with Crippen LogP contribution in [0.2, 0.25) is 0 Å². The Kier molecular flexibility index (Phi) is 3.46. The van der Waals surface area contributed by atoms with E-state index in [0.29, 0.717) is 0 Å². The summed E-state index contributed by atoms with van der Waals surface area (Å²) in [5.41, 5.74) is 0. The number of rotatable bonds is 1. The molecule has 0 amide bonds. The van der Waals surface area contributed by atoms with E-state index in [1.807, 2.05) is 0 Å². The molecule has 0 nitrogen and oxygen atoms in total. The molecule has 0 aliphatic heterocycles. The Labute approximate surface area is 87.3 Å². The number of hydrogen-bond donors (Lipinski definition) is 0. The molecule has 80 valence electrons. The molecule has 0 atom stereocenters. The fourth-order valence-electron chi connectivity index (χ4n) is 2.88. The van der Waals surface area contributed by atoms with Crippen molar-refractivity contribution in [1.29, 1.82) is 0 Å². The first kappa shape index (κ1) is 10.4. The third kappa shape index (κ3) is 2.49.